The quantitative estimate of drug-likeness (QED) is 0.795. The second-order valence-corrected chi connectivity index (χ2v) is 6.02. The summed E-state index contributed by atoms with van der Waals surface area (Å²) in [5, 5.41) is 0.650. The van der Waals surface area contributed by atoms with Gasteiger partial charge < -0.3 is 9.32 Å². The summed E-state index contributed by atoms with van der Waals surface area (Å²) in [5.74, 6) is 1.56. The van der Waals surface area contributed by atoms with E-state index in [4.69, 9.17) is 4.42 Å². The van der Waals surface area contributed by atoms with Crippen LogP contribution in [-0.2, 0) is 0 Å². The molecule has 1 amide bonds. The van der Waals surface area contributed by atoms with Gasteiger partial charge in [-0.15, -0.1) is 0 Å². The van der Waals surface area contributed by atoms with Crippen LogP contribution in [0.3, 0.4) is 0 Å². The van der Waals surface area contributed by atoms with Crippen LogP contribution in [0.4, 0.5) is 0 Å². The number of carbonyl (C=O) groups excluding carboxylic acids is 1. The fourth-order valence-electron chi connectivity index (χ4n) is 2.22. The summed E-state index contributed by atoms with van der Waals surface area (Å²) in [6.07, 6.45) is 1.15. The van der Waals surface area contributed by atoms with Gasteiger partial charge in [-0.1, -0.05) is 0 Å². The number of likely N-dealkylation sites (tertiary alicyclic amines) is 1. The van der Waals surface area contributed by atoms with E-state index in [1.807, 2.05) is 16.7 Å². The average Bonchev–Trinajstić information content (AvgIpc) is 2.90. The second kappa shape index (κ2) is 3.56. The molecule has 2 aliphatic heterocycles. The van der Waals surface area contributed by atoms with E-state index in [-0.39, 0.29) is 5.91 Å². The Morgan fingerprint density at radius 2 is 2.47 bits per heavy atom. The number of hydrogen-bond acceptors (Lipinski definition) is 3. The first-order valence-corrected chi connectivity index (χ1v) is 6.76. The number of amides is 1. The number of rotatable bonds is 1. The minimum atomic E-state index is 0.0356. The van der Waals surface area contributed by atoms with Crippen molar-refractivity contribution in [3.05, 3.63) is 22.6 Å². The number of thioether (sulfide) groups is 1. The van der Waals surface area contributed by atoms with Gasteiger partial charge in [0.15, 0.2) is 10.4 Å². The fourth-order valence-corrected chi connectivity index (χ4v) is 3.96. The van der Waals surface area contributed by atoms with Crippen LogP contribution in [0.1, 0.15) is 17.0 Å². The van der Waals surface area contributed by atoms with Gasteiger partial charge in [0.1, 0.15) is 0 Å². The Morgan fingerprint density at radius 1 is 1.60 bits per heavy atom. The smallest absolute Gasteiger partial charge is 0.289 e. The summed E-state index contributed by atoms with van der Waals surface area (Å²) in [5.41, 5.74) is 0. The molecule has 3 nitrogen and oxygen atoms in total. The first-order chi connectivity index (χ1) is 7.24. The van der Waals surface area contributed by atoms with Crippen LogP contribution in [0, 0.1) is 0 Å². The predicted molar refractivity (Wildman–Crippen MR) is 62.1 cm³/mol. The largest absolute Gasteiger partial charge is 0.444 e. The Hall–Kier alpha value is -0.420. The molecule has 2 aliphatic rings. The molecule has 3 rings (SSSR count). The molecule has 0 N–H and O–H groups in total. The Bertz CT molecular complexity index is 406. The number of fused-ring (bicyclic) bond motifs is 2. The van der Waals surface area contributed by atoms with E-state index < -0.39 is 0 Å². The van der Waals surface area contributed by atoms with E-state index in [2.05, 4.69) is 15.9 Å². The minimum Gasteiger partial charge on any atom is -0.444 e. The van der Waals surface area contributed by atoms with Gasteiger partial charge in [0, 0.05) is 23.6 Å². The monoisotopic (exact) mass is 287 g/mol. The van der Waals surface area contributed by atoms with Gasteiger partial charge in [-0.25, -0.2) is 0 Å². The van der Waals surface area contributed by atoms with Crippen molar-refractivity contribution in [3.63, 3.8) is 0 Å². The highest BCUT2D eigenvalue weighted by Gasteiger charge is 2.41. The minimum absolute atomic E-state index is 0.0356. The van der Waals surface area contributed by atoms with Crippen LogP contribution in [0.2, 0.25) is 0 Å². The highest BCUT2D eigenvalue weighted by molar-refractivity contribution is 9.10. The summed E-state index contributed by atoms with van der Waals surface area (Å²) in [6, 6.07) is 3.92. The average molecular weight is 288 g/mol. The van der Waals surface area contributed by atoms with Gasteiger partial charge in [-0.2, -0.15) is 11.8 Å². The first-order valence-electron chi connectivity index (χ1n) is 4.92. The molecule has 2 atom stereocenters. The maximum atomic E-state index is 12.1. The molecule has 1 aromatic rings. The van der Waals surface area contributed by atoms with Gasteiger partial charge in [-0.3, -0.25) is 4.79 Å². The van der Waals surface area contributed by atoms with Crippen molar-refractivity contribution in [2.45, 2.75) is 17.7 Å². The van der Waals surface area contributed by atoms with Crippen molar-refractivity contribution < 1.29 is 9.21 Å². The van der Waals surface area contributed by atoms with E-state index in [0.717, 1.165) is 18.7 Å². The molecular formula is C10H10BrNO2S. The van der Waals surface area contributed by atoms with E-state index >= 15 is 0 Å². The molecular weight excluding hydrogens is 278 g/mol. The summed E-state index contributed by atoms with van der Waals surface area (Å²) >= 11 is 5.19. The maximum absolute atomic E-state index is 12.1. The van der Waals surface area contributed by atoms with Crippen LogP contribution >= 0.6 is 27.7 Å². The number of hydrogen-bond donors (Lipinski definition) is 0. The summed E-state index contributed by atoms with van der Waals surface area (Å²) < 4.78 is 5.90. The van der Waals surface area contributed by atoms with E-state index in [0.29, 0.717) is 21.7 Å². The third-order valence-electron chi connectivity index (χ3n) is 2.95. The van der Waals surface area contributed by atoms with Gasteiger partial charge in [0.05, 0.1) is 0 Å². The summed E-state index contributed by atoms with van der Waals surface area (Å²) in [6.45, 7) is 0.881. The van der Waals surface area contributed by atoms with Crippen LogP contribution < -0.4 is 0 Å². The molecule has 2 fully saturated rings. The predicted octanol–water partition coefficient (Wildman–Crippen LogP) is 2.37. The highest BCUT2D eigenvalue weighted by Crippen LogP contribution is 2.38. The number of carbonyl (C=O) groups is 1. The molecule has 2 bridgehead atoms. The molecule has 0 radical (unpaired) electrons. The lowest BCUT2D eigenvalue weighted by atomic mass is 10.2. The van der Waals surface area contributed by atoms with E-state index in [1.54, 1.807) is 12.1 Å². The van der Waals surface area contributed by atoms with Crippen LogP contribution in [0.5, 0.6) is 0 Å². The number of halogens is 1. The molecule has 5 heteroatoms. The molecule has 0 aromatic carbocycles. The lowest BCUT2D eigenvalue weighted by Gasteiger charge is -2.25. The third kappa shape index (κ3) is 1.61. The van der Waals surface area contributed by atoms with Crippen molar-refractivity contribution in [1.82, 2.24) is 4.90 Å². The van der Waals surface area contributed by atoms with Gasteiger partial charge in [0.25, 0.3) is 5.91 Å². The van der Waals surface area contributed by atoms with Crippen LogP contribution in [0.25, 0.3) is 0 Å². The van der Waals surface area contributed by atoms with Crippen molar-refractivity contribution in [1.29, 1.82) is 0 Å². The zero-order valence-corrected chi connectivity index (χ0v) is 10.4. The molecule has 15 heavy (non-hydrogen) atoms. The normalized spacial score (nSPS) is 28.7. The third-order valence-corrected chi connectivity index (χ3v) is 4.76. The molecule has 0 saturated carbocycles. The zero-order valence-electron chi connectivity index (χ0n) is 7.98. The summed E-state index contributed by atoms with van der Waals surface area (Å²) in [7, 11) is 0. The van der Waals surface area contributed by atoms with E-state index in [9.17, 15) is 4.79 Å². The van der Waals surface area contributed by atoms with Crippen molar-refractivity contribution in [2.75, 3.05) is 12.3 Å². The Morgan fingerprint density at radius 3 is 3.00 bits per heavy atom. The Kier molecular flexibility index (Phi) is 2.32. The molecule has 1 aromatic heterocycles. The molecule has 3 heterocycles. The highest BCUT2D eigenvalue weighted by atomic mass is 79.9. The zero-order chi connectivity index (χ0) is 10.4. The van der Waals surface area contributed by atoms with Gasteiger partial charge >= 0.3 is 0 Å². The van der Waals surface area contributed by atoms with E-state index in [1.165, 1.54) is 0 Å². The second-order valence-electron chi connectivity index (χ2n) is 3.91. The Balaban J connectivity index is 1.81. The number of furan rings is 1. The van der Waals surface area contributed by atoms with Gasteiger partial charge in [0.2, 0.25) is 0 Å². The van der Waals surface area contributed by atoms with Crippen molar-refractivity contribution >= 4 is 33.6 Å². The molecule has 0 spiro atoms. The maximum Gasteiger partial charge on any atom is 0.289 e. The topological polar surface area (TPSA) is 33.5 Å². The standard InChI is InChI=1S/C10H10BrNO2S/c11-9-2-1-8(14-9)10(13)12-4-7-3-6(12)5-15-7/h1-2,6-7H,3-5H2/t6-,7+/m0/s1. The summed E-state index contributed by atoms with van der Waals surface area (Å²) in [4.78, 5) is 14.0. The lowest BCUT2D eigenvalue weighted by molar-refractivity contribution is 0.0714. The van der Waals surface area contributed by atoms with Crippen LogP contribution in [-0.4, -0.2) is 34.4 Å². The first kappa shape index (κ1) is 9.78. The molecule has 0 unspecified atom stereocenters. The van der Waals surface area contributed by atoms with Crippen molar-refractivity contribution in [2.24, 2.45) is 0 Å². The molecule has 2 saturated heterocycles. The molecule has 0 aliphatic carbocycles. The van der Waals surface area contributed by atoms with Gasteiger partial charge in [-0.05, 0) is 34.5 Å². The fraction of sp³-hybridized carbons (Fsp3) is 0.500. The van der Waals surface area contributed by atoms with Crippen LogP contribution in [0.15, 0.2) is 21.2 Å². The van der Waals surface area contributed by atoms with Crippen molar-refractivity contribution in [3.8, 4) is 0 Å². The number of nitrogens with zero attached hydrogens (tertiary/aromatic N) is 1. The SMILES string of the molecule is O=C(c1ccc(Br)o1)N1C[C@H]2C[C@H]1CS2. The lowest BCUT2D eigenvalue weighted by Crippen LogP contribution is -2.38. The molecule has 80 valence electrons. The Labute approximate surface area is 100 Å².